The maximum atomic E-state index is 3.49. The Kier molecular flexibility index (Phi) is 7.03. The summed E-state index contributed by atoms with van der Waals surface area (Å²) < 4.78 is 2.46. The van der Waals surface area contributed by atoms with Gasteiger partial charge < -0.3 is 4.57 Å². The van der Waals surface area contributed by atoms with Crippen LogP contribution in [0.15, 0.2) is 169 Å². The maximum absolute atomic E-state index is 3.49. The highest BCUT2D eigenvalue weighted by Gasteiger charge is 2.33. The van der Waals surface area contributed by atoms with Crippen molar-refractivity contribution in [3.8, 4) is 50.9 Å². The van der Waals surface area contributed by atoms with E-state index >= 15 is 0 Å². The molecule has 0 radical (unpaired) electrons. The topological polar surface area (TPSA) is 4.93 Å². The molecule has 0 aliphatic heterocycles. The Morgan fingerprint density at radius 1 is 0.627 bits per heavy atom. The van der Waals surface area contributed by atoms with Crippen LogP contribution < -0.4 is 0 Å². The number of hydrogen-bond donors (Lipinski definition) is 0. The van der Waals surface area contributed by atoms with Gasteiger partial charge in [-0.05, 0) is 85.8 Å². The summed E-state index contributed by atoms with van der Waals surface area (Å²) in [5.41, 5.74) is 18.2. The second-order valence-electron chi connectivity index (χ2n) is 14.2. The molecule has 0 saturated heterocycles. The van der Waals surface area contributed by atoms with Crippen LogP contribution >= 0.6 is 0 Å². The summed E-state index contributed by atoms with van der Waals surface area (Å²) >= 11 is 0. The molecular weight excluding hydrogens is 615 g/mol. The van der Waals surface area contributed by atoms with Crippen molar-refractivity contribution in [1.82, 2.24) is 4.57 Å². The van der Waals surface area contributed by atoms with Crippen molar-refractivity contribution in [3.05, 3.63) is 197 Å². The van der Waals surface area contributed by atoms with Gasteiger partial charge in [0, 0.05) is 41.4 Å². The van der Waals surface area contributed by atoms with Gasteiger partial charge in [-0.1, -0.05) is 158 Å². The molecular formula is C50H37N. The largest absolute Gasteiger partial charge is 0.312 e. The third-order valence-electron chi connectivity index (χ3n) is 11.3. The van der Waals surface area contributed by atoms with Gasteiger partial charge in [-0.3, -0.25) is 0 Å². The zero-order chi connectivity index (χ0) is 33.9. The van der Waals surface area contributed by atoms with Crippen LogP contribution in [0.3, 0.4) is 0 Å². The highest BCUT2D eigenvalue weighted by atomic mass is 15.0. The number of hydrogen-bond acceptors (Lipinski definition) is 0. The first-order chi connectivity index (χ1) is 25.2. The number of aromatic nitrogens is 1. The third-order valence-corrected chi connectivity index (χ3v) is 11.3. The molecule has 3 unspecified atom stereocenters. The average Bonchev–Trinajstić information content (AvgIpc) is 3.71. The van der Waals surface area contributed by atoms with Crippen LogP contribution in [0.2, 0.25) is 0 Å². The molecule has 1 heterocycles. The zero-order valence-corrected chi connectivity index (χ0v) is 28.7. The Hall–Kier alpha value is -6.10. The van der Waals surface area contributed by atoms with Gasteiger partial charge in [0.25, 0.3) is 0 Å². The number of rotatable bonds is 5. The first-order valence-corrected chi connectivity index (χ1v) is 18.2. The summed E-state index contributed by atoms with van der Waals surface area (Å²) in [4.78, 5) is 0. The van der Waals surface area contributed by atoms with Crippen LogP contribution in [0.1, 0.15) is 53.1 Å². The molecule has 0 amide bonds. The van der Waals surface area contributed by atoms with E-state index in [2.05, 4.69) is 187 Å². The van der Waals surface area contributed by atoms with E-state index < -0.39 is 0 Å². The van der Waals surface area contributed by atoms with E-state index in [1.165, 1.54) is 83.5 Å². The predicted molar refractivity (Wildman–Crippen MR) is 212 cm³/mol. The molecule has 0 bridgehead atoms. The molecule has 51 heavy (non-hydrogen) atoms. The van der Waals surface area contributed by atoms with E-state index in [0.29, 0.717) is 11.8 Å². The Morgan fingerprint density at radius 3 is 2.08 bits per heavy atom. The average molecular weight is 652 g/mol. The molecule has 0 fully saturated rings. The molecule has 242 valence electrons. The zero-order valence-electron chi connectivity index (χ0n) is 28.7. The Labute approximate surface area is 300 Å². The minimum Gasteiger partial charge on any atom is -0.312 e. The van der Waals surface area contributed by atoms with Gasteiger partial charge in [-0.15, -0.1) is 0 Å². The van der Waals surface area contributed by atoms with E-state index in [4.69, 9.17) is 0 Å². The maximum Gasteiger partial charge on any atom is 0.0550 e. The van der Waals surface area contributed by atoms with Crippen molar-refractivity contribution in [2.75, 3.05) is 0 Å². The lowest BCUT2D eigenvalue weighted by molar-refractivity contribution is 0.625. The molecule has 0 N–H and O–H groups in total. The number of fused-ring (bicyclic) bond motifs is 6. The lowest BCUT2D eigenvalue weighted by atomic mass is 9.77. The van der Waals surface area contributed by atoms with Crippen LogP contribution in [0.5, 0.6) is 0 Å². The molecule has 1 nitrogen and oxygen atoms in total. The number of nitrogens with zero attached hydrogens (tertiary/aromatic N) is 1. The minimum absolute atomic E-state index is 0.235. The summed E-state index contributed by atoms with van der Waals surface area (Å²) in [6.45, 7) is 2.38. The van der Waals surface area contributed by atoms with Crippen LogP contribution in [0.25, 0.3) is 50.0 Å². The fourth-order valence-corrected chi connectivity index (χ4v) is 8.84. The van der Waals surface area contributed by atoms with Gasteiger partial charge in [0.1, 0.15) is 0 Å². The molecule has 1 heteroatoms. The molecule has 3 atom stereocenters. The second kappa shape index (κ2) is 12.0. The molecule has 1 aromatic heterocycles. The number of benzene rings is 6. The fourth-order valence-electron chi connectivity index (χ4n) is 8.84. The molecule has 0 saturated carbocycles. The van der Waals surface area contributed by atoms with Crippen LogP contribution in [-0.2, 0) is 6.42 Å². The normalized spacial score (nSPS) is 18.4. The lowest BCUT2D eigenvalue weighted by Crippen LogP contribution is -2.12. The van der Waals surface area contributed by atoms with E-state index in [9.17, 15) is 0 Å². The van der Waals surface area contributed by atoms with E-state index in [-0.39, 0.29) is 5.92 Å². The quantitative estimate of drug-likeness (QED) is 0.163. The molecule has 10 rings (SSSR count). The minimum atomic E-state index is 0.235. The van der Waals surface area contributed by atoms with Gasteiger partial charge in [0.2, 0.25) is 0 Å². The molecule has 3 aliphatic carbocycles. The first kappa shape index (κ1) is 29.8. The van der Waals surface area contributed by atoms with Gasteiger partial charge in [-0.2, -0.15) is 0 Å². The van der Waals surface area contributed by atoms with Gasteiger partial charge in [0.15, 0.2) is 0 Å². The Balaban J connectivity index is 0.984. The smallest absolute Gasteiger partial charge is 0.0550 e. The SMILES string of the molecule is CC1C=C(C2c3ccccc3-c3ccc(-c4ccccc4)cc32)C=CC1c1ccc(-n2c3c(c4ccc(-c5ccccc5)cc42)C#CCC3)cc1. The van der Waals surface area contributed by atoms with Gasteiger partial charge >= 0.3 is 0 Å². The van der Waals surface area contributed by atoms with E-state index in [0.717, 1.165) is 12.8 Å². The third kappa shape index (κ3) is 4.94. The lowest BCUT2D eigenvalue weighted by Gasteiger charge is -2.27. The van der Waals surface area contributed by atoms with E-state index in [1.54, 1.807) is 0 Å². The number of allylic oxidation sites excluding steroid dienone is 4. The van der Waals surface area contributed by atoms with Crippen molar-refractivity contribution in [2.24, 2.45) is 5.92 Å². The Morgan fingerprint density at radius 2 is 1.31 bits per heavy atom. The molecule has 6 aromatic carbocycles. The van der Waals surface area contributed by atoms with Crippen molar-refractivity contribution in [2.45, 2.75) is 31.6 Å². The van der Waals surface area contributed by atoms with Crippen LogP contribution in [0, 0.1) is 17.8 Å². The summed E-state index contributed by atoms with van der Waals surface area (Å²) in [6.07, 6.45) is 9.25. The highest BCUT2D eigenvalue weighted by Crippen LogP contribution is 2.51. The van der Waals surface area contributed by atoms with Gasteiger partial charge in [0.05, 0.1) is 11.1 Å². The highest BCUT2D eigenvalue weighted by molar-refractivity contribution is 5.93. The van der Waals surface area contributed by atoms with Crippen molar-refractivity contribution < 1.29 is 0 Å². The van der Waals surface area contributed by atoms with Crippen molar-refractivity contribution >= 4 is 10.9 Å². The summed E-state index contributed by atoms with van der Waals surface area (Å²) in [5.74, 6) is 7.78. The molecule has 7 aromatic rings. The first-order valence-electron chi connectivity index (χ1n) is 18.2. The van der Waals surface area contributed by atoms with Crippen LogP contribution in [0.4, 0.5) is 0 Å². The monoisotopic (exact) mass is 651 g/mol. The molecule has 0 spiro atoms. The Bertz CT molecular complexity index is 2590. The standard InChI is InChI=1S/C50H37N/c1-33-30-39(50-46-18-9-8-16-42(46)43-28-22-37(31-47(43)50)34-12-4-2-5-13-34)24-27-41(33)36-20-25-40(26-21-36)51-48-19-11-10-17-44(48)45-29-23-38(32-49(45)51)35-14-6-3-7-15-35/h2-9,12-16,18,20-33,41,50H,11,19H2,1H3. The van der Waals surface area contributed by atoms with Crippen molar-refractivity contribution in [3.63, 3.8) is 0 Å². The van der Waals surface area contributed by atoms with Crippen LogP contribution in [-0.4, -0.2) is 4.57 Å². The predicted octanol–water partition coefficient (Wildman–Crippen LogP) is 12.3. The fraction of sp³-hybridized carbons (Fsp3) is 0.120. The second-order valence-corrected chi connectivity index (χ2v) is 14.2. The summed E-state index contributed by atoms with van der Waals surface area (Å²) in [7, 11) is 0. The van der Waals surface area contributed by atoms with Gasteiger partial charge in [-0.25, -0.2) is 0 Å². The van der Waals surface area contributed by atoms with E-state index in [1.807, 2.05) is 0 Å². The molecule has 3 aliphatic rings. The summed E-state index contributed by atoms with van der Waals surface area (Å²) in [6, 6.07) is 53.6. The van der Waals surface area contributed by atoms with Crippen molar-refractivity contribution in [1.29, 1.82) is 0 Å². The summed E-state index contributed by atoms with van der Waals surface area (Å²) in [5, 5.41) is 1.24.